The summed E-state index contributed by atoms with van der Waals surface area (Å²) in [5, 5.41) is 22.6. The van der Waals surface area contributed by atoms with Gasteiger partial charge in [-0.15, -0.1) is 6.58 Å². The van der Waals surface area contributed by atoms with Crippen molar-refractivity contribution < 1.29 is 14.8 Å². The molecule has 1 rings (SSSR count). The molecule has 96 valence electrons. The van der Waals surface area contributed by atoms with Crippen LogP contribution in [-0.2, 0) is 0 Å². The van der Waals surface area contributed by atoms with Crippen molar-refractivity contribution in [2.24, 2.45) is 0 Å². The number of hydrogen-bond acceptors (Lipinski definition) is 4. The number of aromatic hydroxyl groups is 1. The fourth-order valence-corrected chi connectivity index (χ4v) is 1.44. The molecule has 1 unspecified atom stereocenters. The average Bonchev–Trinajstić information content (AvgIpc) is 2.28. The second-order valence-electron chi connectivity index (χ2n) is 3.86. The van der Waals surface area contributed by atoms with Gasteiger partial charge in [0, 0.05) is 17.7 Å². The van der Waals surface area contributed by atoms with E-state index >= 15 is 0 Å². The highest BCUT2D eigenvalue weighted by molar-refractivity contribution is 5.95. The summed E-state index contributed by atoms with van der Waals surface area (Å²) >= 11 is 0. The summed E-state index contributed by atoms with van der Waals surface area (Å²) in [6.07, 6.45) is 2.29. The van der Waals surface area contributed by atoms with Gasteiger partial charge in [0.05, 0.1) is 4.92 Å². The second kappa shape index (κ2) is 5.81. The lowest BCUT2D eigenvalue weighted by molar-refractivity contribution is -0.385. The van der Waals surface area contributed by atoms with Crippen molar-refractivity contribution in [2.45, 2.75) is 19.4 Å². The number of amides is 1. The van der Waals surface area contributed by atoms with Gasteiger partial charge in [-0.2, -0.15) is 0 Å². The Morgan fingerprint density at radius 3 is 2.83 bits per heavy atom. The van der Waals surface area contributed by atoms with Gasteiger partial charge in [0.25, 0.3) is 5.91 Å². The Bertz CT molecular complexity index is 485. The number of carbonyl (C=O) groups excluding carboxylic acids is 1. The molecule has 6 nitrogen and oxygen atoms in total. The summed E-state index contributed by atoms with van der Waals surface area (Å²) in [6, 6.07) is 3.39. The van der Waals surface area contributed by atoms with Gasteiger partial charge in [0.15, 0.2) is 5.75 Å². The zero-order valence-electron chi connectivity index (χ0n) is 9.92. The van der Waals surface area contributed by atoms with E-state index in [4.69, 9.17) is 0 Å². The van der Waals surface area contributed by atoms with Crippen molar-refractivity contribution in [2.75, 3.05) is 0 Å². The van der Waals surface area contributed by atoms with Gasteiger partial charge >= 0.3 is 5.69 Å². The van der Waals surface area contributed by atoms with E-state index in [9.17, 15) is 20.0 Å². The minimum Gasteiger partial charge on any atom is -0.502 e. The van der Waals surface area contributed by atoms with E-state index in [2.05, 4.69) is 11.9 Å². The predicted octanol–water partition coefficient (Wildman–Crippen LogP) is 1.99. The Morgan fingerprint density at radius 1 is 1.67 bits per heavy atom. The van der Waals surface area contributed by atoms with Gasteiger partial charge in [0.2, 0.25) is 0 Å². The molecule has 1 aromatic carbocycles. The van der Waals surface area contributed by atoms with E-state index < -0.39 is 22.3 Å². The summed E-state index contributed by atoms with van der Waals surface area (Å²) in [4.78, 5) is 21.5. The van der Waals surface area contributed by atoms with Crippen molar-refractivity contribution >= 4 is 11.6 Å². The second-order valence-corrected chi connectivity index (χ2v) is 3.86. The van der Waals surface area contributed by atoms with Gasteiger partial charge < -0.3 is 10.4 Å². The van der Waals surface area contributed by atoms with E-state index in [0.717, 1.165) is 12.1 Å². The minimum atomic E-state index is -0.711. The Balaban J connectivity index is 2.84. The van der Waals surface area contributed by atoms with Crippen LogP contribution in [0.1, 0.15) is 23.7 Å². The van der Waals surface area contributed by atoms with E-state index in [1.165, 1.54) is 6.07 Å². The molecule has 0 bridgehead atoms. The number of nitrogens with one attached hydrogen (secondary N) is 1. The standard InChI is InChI=1S/C12H14N2O4/c1-3-4-8(2)13-12(16)9-5-6-10(14(17)18)11(15)7-9/h3,5-8,15H,1,4H2,2H3,(H,13,16). The van der Waals surface area contributed by atoms with Crippen molar-refractivity contribution in [1.82, 2.24) is 5.32 Å². The summed E-state index contributed by atoms with van der Waals surface area (Å²) in [5.74, 6) is -0.918. The van der Waals surface area contributed by atoms with Crippen LogP contribution in [0, 0.1) is 10.1 Å². The predicted molar refractivity (Wildman–Crippen MR) is 66.5 cm³/mol. The molecule has 0 aromatic heterocycles. The summed E-state index contributed by atoms with van der Waals surface area (Å²) in [7, 11) is 0. The third-order valence-corrected chi connectivity index (χ3v) is 2.33. The first-order valence-electron chi connectivity index (χ1n) is 5.35. The number of carbonyl (C=O) groups is 1. The van der Waals surface area contributed by atoms with Crippen LogP contribution in [0.25, 0.3) is 0 Å². The Kier molecular flexibility index (Phi) is 4.42. The van der Waals surface area contributed by atoms with Crippen LogP contribution in [0.3, 0.4) is 0 Å². The number of phenols is 1. The molecular formula is C12H14N2O4. The lowest BCUT2D eigenvalue weighted by atomic mass is 10.1. The Hall–Kier alpha value is -2.37. The maximum Gasteiger partial charge on any atom is 0.310 e. The number of rotatable bonds is 5. The zero-order valence-corrected chi connectivity index (χ0v) is 9.92. The van der Waals surface area contributed by atoms with Crippen LogP contribution in [0.2, 0.25) is 0 Å². The summed E-state index contributed by atoms with van der Waals surface area (Å²) in [6.45, 7) is 5.37. The molecule has 0 spiro atoms. The fraction of sp³-hybridized carbons (Fsp3) is 0.250. The van der Waals surface area contributed by atoms with Crippen LogP contribution >= 0.6 is 0 Å². The Labute approximate surface area is 104 Å². The van der Waals surface area contributed by atoms with E-state index in [0.29, 0.717) is 6.42 Å². The van der Waals surface area contributed by atoms with Crippen molar-refractivity contribution in [3.63, 3.8) is 0 Å². The van der Waals surface area contributed by atoms with Gasteiger partial charge in [-0.1, -0.05) is 6.08 Å². The van der Waals surface area contributed by atoms with E-state index in [-0.39, 0.29) is 11.6 Å². The smallest absolute Gasteiger partial charge is 0.310 e. The monoisotopic (exact) mass is 250 g/mol. The number of nitrogens with zero attached hydrogens (tertiary/aromatic N) is 1. The summed E-state index contributed by atoms with van der Waals surface area (Å²) in [5.41, 5.74) is -0.250. The van der Waals surface area contributed by atoms with E-state index in [1.54, 1.807) is 6.08 Å². The van der Waals surface area contributed by atoms with E-state index in [1.807, 2.05) is 6.92 Å². The topological polar surface area (TPSA) is 92.5 Å². The molecule has 0 aliphatic heterocycles. The first kappa shape index (κ1) is 13.7. The highest BCUT2D eigenvalue weighted by atomic mass is 16.6. The van der Waals surface area contributed by atoms with Crippen LogP contribution in [0.5, 0.6) is 5.75 Å². The van der Waals surface area contributed by atoms with Crippen LogP contribution in [0.15, 0.2) is 30.9 Å². The minimum absolute atomic E-state index is 0.0904. The van der Waals surface area contributed by atoms with Crippen molar-refractivity contribution in [3.05, 3.63) is 46.5 Å². The van der Waals surface area contributed by atoms with Gasteiger partial charge in [-0.25, -0.2) is 0 Å². The first-order chi connectivity index (χ1) is 8.45. The highest BCUT2D eigenvalue weighted by Crippen LogP contribution is 2.26. The van der Waals surface area contributed by atoms with Gasteiger partial charge in [-0.3, -0.25) is 14.9 Å². The van der Waals surface area contributed by atoms with Crippen LogP contribution in [0.4, 0.5) is 5.69 Å². The molecule has 18 heavy (non-hydrogen) atoms. The maximum absolute atomic E-state index is 11.7. The third-order valence-electron chi connectivity index (χ3n) is 2.33. The molecular weight excluding hydrogens is 236 g/mol. The maximum atomic E-state index is 11.7. The third kappa shape index (κ3) is 3.31. The largest absolute Gasteiger partial charge is 0.502 e. The number of nitro groups is 1. The van der Waals surface area contributed by atoms with Gasteiger partial charge in [0.1, 0.15) is 0 Å². The molecule has 0 heterocycles. The lowest BCUT2D eigenvalue weighted by Crippen LogP contribution is -2.32. The SMILES string of the molecule is C=CCC(C)NC(=O)c1ccc([N+](=O)[O-])c(O)c1. The number of benzene rings is 1. The summed E-state index contributed by atoms with van der Waals surface area (Å²) < 4.78 is 0. The van der Waals surface area contributed by atoms with Crippen molar-refractivity contribution in [1.29, 1.82) is 0 Å². The molecule has 1 amide bonds. The van der Waals surface area contributed by atoms with Gasteiger partial charge in [-0.05, 0) is 25.5 Å². The average molecular weight is 250 g/mol. The first-order valence-corrected chi connectivity index (χ1v) is 5.35. The normalized spacial score (nSPS) is 11.6. The molecule has 0 aliphatic carbocycles. The molecule has 0 aliphatic rings. The highest BCUT2D eigenvalue weighted by Gasteiger charge is 2.16. The zero-order chi connectivity index (χ0) is 13.7. The molecule has 0 saturated carbocycles. The molecule has 0 saturated heterocycles. The molecule has 0 fully saturated rings. The molecule has 1 atom stereocenters. The molecule has 6 heteroatoms. The quantitative estimate of drug-likeness (QED) is 0.475. The number of phenolic OH excluding ortho intramolecular Hbond substituents is 1. The van der Waals surface area contributed by atoms with Crippen molar-refractivity contribution in [3.8, 4) is 5.75 Å². The van der Waals surface area contributed by atoms with Crippen LogP contribution in [-0.4, -0.2) is 22.0 Å². The van der Waals surface area contributed by atoms with Crippen LogP contribution < -0.4 is 5.32 Å². The molecule has 2 N–H and O–H groups in total. The lowest BCUT2D eigenvalue weighted by Gasteiger charge is -2.11. The molecule has 1 aromatic rings. The number of nitro benzene ring substituents is 1. The fourth-order valence-electron chi connectivity index (χ4n) is 1.44. The number of hydrogen-bond donors (Lipinski definition) is 2. The molecule has 0 radical (unpaired) electrons. The Morgan fingerprint density at radius 2 is 2.33 bits per heavy atom.